The largest absolute Gasteiger partial charge is 0.573 e. The summed E-state index contributed by atoms with van der Waals surface area (Å²) >= 11 is 0. The number of nitrogens with one attached hydrogen (secondary N) is 2. The quantitative estimate of drug-likeness (QED) is 0.610. The summed E-state index contributed by atoms with van der Waals surface area (Å²) in [5, 5.41) is 5.31. The van der Waals surface area contributed by atoms with Crippen LogP contribution in [0.15, 0.2) is 42.5 Å². The van der Waals surface area contributed by atoms with E-state index in [2.05, 4.69) is 20.1 Å². The number of benzene rings is 2. The minimum absolute atomic E-state index is 0.0918. The van der Waals surface area contributed by atoms with E-state index < -0.39 is 30.7 Å². The van der Waals surface area contributed by atoms with Gasteiger partial charge >= 0.3 is 13.0 Å². The van der Waals surface area contributed by atoms with Gasteiger partial charge in [0.15, 0.2) is 11.5 Å². The van der Waals surface area contributed by atoms with E-state index in [1.807, 2.05) is 0 Å². The van der Waals surface area contributed by atoms with Crippen LogP contribution in [-0.2, 0) is 4.79 Å². The molecular weight excluding hydrogens is 403 g/mol. The number of halogens is 5. The summed E-state index contributed by atoms with van der Waals surface area (Å²) in [7, 11) is 1.29. The number of carbonyl (C=O) groups is 1. The lowest BCUT2D eigenvalue weighted by atomic mass is 10.2. The van der Waals surface area contributed by atoms with Crippen LogP contribution >= 0.6 is 0 Å². The maximum atomic E-state index is 12.5. The van der Waals surface area contributed by atoms with Gasteiger partial charge in [-0.25, -0.2) is 0 Å². The predicted octanol–water partition coefficient (Wildman–Crippen LogP) is 4.63. The van der Waals surface area contributed by atoms with Crippen LogP contribution in [0.4, 0.5) is 33.3 Å². The second kappa shape index (κ2) is 9.30. The fourth-order valence-corrected chi connectivity index (χ4v) is 2.26. The fraction of sp³-hybridized carbons (Fsp3) is 0.278. The molecule has 2 N–H and O–H groups in total. The molecule has 1 unspecified atom stereocenters. The highest BCUT2D eigenvalue weighted by Crippen LogP contribution is 2.31. The van der Waals surface area contributed by atoms with Gasteiger partial charge in [-0.15, -0.1) is 13.2 Å². The highest BCUT2D eigenvalue weighted by atomic mass is 19.4. The van der Waals surface area contributed by atoms with Crippen LogP contribution < -0.4 is 24.8 Å². The molecule has 1 amide bonds. The second-order valence-corrected chi connectivity index (χ2v) is 5.67. The van der Waals surface area contributed by atoms with Crippen molar-refractivity contribution >= 4 is 17.3 Å². The highest BCUT2D eigenvalue weighted by molar-refractivity contribution is 5.96. The summed E-state index contributed by atoms with van der Waals surface area (Å²) in [6.45, 7) is -1.54. The molecule has 2 rings (SSSR count). The SMILES string of the molecule is COc1ccc(NC(C)C(=O)Nc2ccc(OC(F)(F)F)cc2)cc1OC(F)F. The molecule has 0 bridgehead atoms. The molecule has 0 aromatic heterocycles. The third kappa shape index (κ3) is 7.01. The summed E-state index contributed by atoms with van der Waals surface area (Å²) < 4.78 is 74.5. The molecule has 0 heterocycles. The molecule has 2 aromatic carbocycles. The van der Waals surface area contributed by atoms with Gasteiger partial charge in [0, 0.05) is 17.4 Å². The molecule has 11 heteroatoms. The Balaban J connectivity index is 2.00. The van der Waals surface area contributed by atoms with Gasteiger partial charge in [0.05, 0.1) is 7.11 Å². The van der Waals surface area contributed by atoms with Crippen LogP contribution in [0.3, 0.4) is 0 Å². The minimum Gasteiger partial charge on any atom is -0.493 e. The molecule has 0 radical (unpaired) electrons. The Bertz CT molecular complexity index is 828. The Hall–Kier alpha value is -3.24. The molecule has 0 saturated heterocycles. The summed E-state index contributed by atoms with van der Waals surface area (Å²) in [6, 6.07) is 7.93. The molecule has 0 spiro atoms. The minimum atomic E-state index is -4.81. The zero-order valence-corrected chi connectivity index (χ0v) is 15.2. The molecule has 29 heavy (non-hydrogen) atoms. The van der Waals surface area contributed by atoms with Crippen molar-refractivity contribution in [2.45, 2.75) is 25.9 Å². The van der Waals surface area contributed by atoms with Crippen molar-refractivity contribution in [1.82, 2.24) is 0 Å². The molecule has 0 aliphatic carbocycles. The Morgan fingerprint density at radius 1 is 1.00 bits per heavy atom. The van der Waals surface area contributed by atoms with Crippen molar-refractivity contribution in [3.8, 4) is 17.2 Å². The average Bonchev–Trinajstić information content (AvgIpc) is 2.62. The number of hydrogen-bond donors (Lipinski definition) is 2. The summed E-state index contributed by atoms with van der Waals surface area (Å²) in [4.78, 5) is 12.3. The van der Waals surface area contributed by atoms with E-state index in [4.69, 9.17) is 4.74 Å². The second-order valence-electron chi connectivity index (χ2n) is 5.67. The fourth-order valence-electron chi connectivity index (χ4n) is 2.26. The van der Waals surface area contributed by atoms with Gasteiger partial charge in [0.1, 0.15) is 11.8 Å². The van der Waals surface area contributed by atoms with Crippen LogP contribution in [0, 0.1) is 0 Å². The van der Waals surface area contributed by atoms with E-state index in [0.29, 0.717) is 5.69 Å². The Morgan fingerprint density at radius 2 is 1.62 bits per heavy atom. The maximum absolute atomic E-state index is 12.5. The first-order valence-electron chi connectivity index (χ1n) is 8.13. The molecule has 2 aromatic rings. The predicted molar refractivity (Wildman–Crippen MR) is 94.5 cm³/mol. The van der Waals surface area contributed by atoms with Crippen LogP contribution in [0.25, 0.3) is 0 Å². The standard InChI is InChI=1S/C18H17F5N2O4/c1-10(24-12-5-8-14(27-2)15(9-12)28-17(19)20)16(26)25-11-3-6-13(7-4-11)29-18(21,22)23/h3-10,17,24H,1-2H3,(H,25,26). The van der Waals surface area contributed by atoms with E-state index in [1.165, 1.54) is 44.4 Å². The lowest BCUT2D eigenvalue weighted by Crippen LogP contribution is -2.31. The first-order chi connectivity index (χ1) is 13.6. The van der Waals surface area contributed by atoms with Crippen molar-refractivity contribution in [2.24, 2.45) is 0 Å². The normalized spacial score (nSPS) is 12.3. The summed E-state index contributed by atoms with van der Waals surface area (Å²) in [5.41, 5.74) is 0.563. The van der Waals surface area contributed by atoms with Gasteiger partial charge in [-0.2, -0.15) is 8.78 Å². The van der Waals surface area contributed by atoms with Crippen molar-refractivity contribution in [1.29, 1.82) is 0 Å². The summed E-state index contributed by atoms with van der Waals surface area (Å²) in [6.07, 6.45) is -4.81. The van der Waals surface area contributed by atoms with Crippen LogP contribution in [0.2, 0.25) is 0 Å². The molecule has 0 aliphatic rings. The average molecular weight is 420 g/mol. The third-order valence-corrected chi connectivity index (χ3v) is 3.51. The first-order valence-corrected chi connectivity index (χ1v) is 8.13. The van der Waals surface area contributed by atoms with Gasteiger partial charge in [0.2, 0.25) is 5.91 Å². The highest BCUT2D eigenvalue weighted by Gasteiger charge is 2.31. The number of rotatable bonds is 8. The van der Waals surface area contributed by atoms with Crippen LogP contribution in [0.1, 0.15) is 6.92 Å². The van der Waals surface area contributed by atoms with Gasteiger partial charge < -0.3 is 24.8 Å². The molecule has 0 fully saturated rings. The zero-order chi connectivity index (χ0) is 21.6. The smallest absolute Gasteiger partial charge is 0.493 e. The van der Waals surface area contributed by atoms with Gasteiger partial charge in [-0.3, -0.25) is 4.79 Å². The number of carbonyl (C=O) groups excluding carboxylic acids is 1. The van der Waals surface area contributed by atoms with Gasteiger partial charge in [-0.1, -0.05) is 0 Å². The molecule has 6 nitrogen and oxygen atoms in total. The number of hydrogen-bond acceptors (Lipinski definition) is 5. The third-order valence-electron chi connectivity index (χ3n) is 3.51. The van der Waals surface area contributed by atoms with E-state index in [9.17, 15) is 26.7 Å². The number of ether oxygens (including phenoxy) is 3. The van der Waals surface area contributed by atoms with Crippen molar-refractivity contribution < 1.29 is 41.0 Å². The topological polar surface area (TPSA) is 68.8 Å². The molecular formula is C18H17F5N2O4. The van der Waals surface area contributed by atoms with E-state index in [1.54, 1.807) is 0 Å². The Morgan fingerprint density at radius 3 is 2.17 bits per heavy atom. The maximum Gasteiger partial charge on any atom is 0.573 e. The van der Waals surface area contributed by atoms with Crippen LogP contribution in [0.5, 0.6) is 17.2 Å². The molecule has 0 aliphatic heterocycles. The van der Waals surface area contributed by atoms with E-state index >= 15 is 0 Å². The zero-order valence-electron chi connectivity index (χ0n) is 15.2. The molecule has 1 atom stereocenters. The lowest BCUT2D eigenvalue weighted by Gasteiger charge is -2.17. The van der Waals surface area contributed by atoms with Gasteiger partial charge in [-0.05, 0) is 43.3 Å². The molecule has 158 valence electrons. The number of amides is 1. The summed E-state index contributed by atoms with van der Waals surface area (Å²) in [5.74, 6) is -1.05. The molecule has 0 saturated carbocycles. The van der Waals surface area contributed by atoms with E-state index in [-0.39, 0.29) is 17.2 Å². The number of alkyl halides is 5. The lowest BCUT2D eigenvalue weighted by molar-refractivity contribution is -0.274. The van der Waals surface area contributed by atoms with Crippen molar-refractivity contribution in [3.63, 3.8) is 0 Å². The van der Waals surface area contributed by atoms with Crippen molar-refractivity contribution in [3.05, 3.63) is 42.5 Å². The van der Waals surface area contributed by atoms with Gasteiger partial charge in [0.25, 0.3) is 0 Å². The Kier molecular flexibility index (Phi) is 7.08. The van der Waals surface area contributed by atoms with Crippen LogP contribution in [-0.4, -0.2) is 32.0 Å². The first kappa shape index (κ1) is 22.1. The van der Waals surface area contributed by atoms with E-state index in [0.717, 1.165) is 12.1 Å². The number of methoxy groups -OCH3 is 1. The number of anilines is 2. The Labute approximate surface area is 162 Å². The van der Waals surface area contributed by atoms with Crippen molar-refractivity contribution in [2.75, 3.05) is 17.7 Å². The monoisotopic (exact) mass is 420 g/mol.